The monoisotopic (exact) mass is 322 g/mol. The van der Waals surface area contributed by atoms with Crippen molar-refractivity contribution in [1.29, 1.82) is 0 Å². The van der Waals surface area contributed by atoms with Gasteiger partial charge in [0.2, 0.25) is 11.6 Å². The standard InChI is InChI=1S/C20H18O4/c1-2-16(21)13-17(22)20(24)18(14-9-5-3-6-10-14)19(23)15-11-7-4-8-12-15/h3-12,18H,2,13H2,1H3. The van der Waals surface area contributed by atoms with E-state index >= 15 is 0 Å². The summed E-state index contributed by atoms with van der Waals surface area (Å²) in [5.41, 5.74) is 0.808. The van der Waals surface area contributed by atoms with Crippen LogP contribution < -0.4 is 0 Å². The molecule has 2 aromatic rings. The molecule has 2 aromatic carbocycles. The van der Waals surface area contributed by atoms with Gasteiger partial charge < -0.3 is 0 Å². The second-order valence-corrected chi connectivity index (χ2v) is 5.43. The van der Waals surface area contributed by atoms with Gasteiger partial charge in [-0.1, -0.05) is 67.6 Å². The molecule has 4 heteroatoms. The molecule has 24 heavy (non-hydrogen) atoms. The van der Waals surface area contributed by atoms with Crippen LogP contribution in [-0.2, 0) is 14.4 Å². The minimum absolute atomic E-state index is 0.182. The average molecular weight is 322 g/mol. The van der Waals surface area contributed by atoms with Gasteiger partial charge in [0, 0.05) is 12.0 Å². The van der Waals surface area contributed by atoms with Gasteiger partial charge in [0.25, 0.3) is 0 Å². The zero-order valence-electron chi connectivity index (χ0n) is 13.4. The van der Waals surface area contributed by atoms with E-state index in [0.29, 0.717) is 11.1 Å². The summed E-state index contributed by atoms with van der Waals surface area (Å²) in [5.74, 6) is -3.63. The van der Waals surface area contributed by atoms with E-state index in [1.54, 1.807) is 67.6 Å². The summed E-state index contributed by atoms with van der Waals surface area (Å²) in [6.45, 7) is 1.63. The van der Waals surface area contributed by atoms with Gasteiger partial charge in [-0.3, -0.25) is 19.2 Å². The van der Waals surface area contributed by atoms with E-state index in [4.69, 9.17) is 0 Å². The number of benzene rings is 2. The normalized spacial score (nSPS) is 11.5. The molecule has 1 unspecified atom stereocenters. The van der Waals surface area contributed by atoms with Gasteiger partial charge in [-0.05, 0) is 5.56 Å². The Bertz CT molecular complexity index is 748. The molecule has 4 nitrogen and oxygen atoms in total. The molecule has 2 rings (SSSR count). The maximum Gasteiger partial charge on any atom is 0.214 e. The molecule has 0 amide bonds. The summed E-state index contributed by atoms with van der Waals surface area (Å²) in [4.78, 5) is 49.0. The van der Waals surface area contributed by atoms with Crippen molar-refractivity contribution in [3.8, 4) is 0 Å². The largest absolute Gasteiger partial charge is 0.299 e. The Balaban J connectivity index is 2.37. The van der Waals surface area contributed by atoms with Crippen LogP contribution in [0.25, 0.3) is 0 Å². The van der Waals surface area contributed by atoms with E-state index in [-0.39, 0.29) is 12.2 Å². The molecule has 0 spiro atoms. The van der Waals surface area contributed by atoms with E-state index < -0.39 is 29.7 Å². The lowest BCUT2D eigenvalue weighted by Gasteiger charge is -2.14. The topological polar surface area (TPSA) is 68.3 Å². The number of carbonyl (C=O) groups is 4. The lowest BCUT2D eigenvalue weighted by molar-refractivity contribution is -0.139. The van der Waals surface area contributed by atoms with Crippen LogP contribution in [0.3, 0.4) is 0 Å². The Morgan fingerprint density at radius 2 is 1.38 bits per heavy atom. The Labute approximate surface area is 140 Å². The van der Waals surface area contributed by atoms with E-state index in [1.807, 2.05) is 0 Å². The number of hydrogen-bond donors (Lipinski definition) is 0. The zero-order chi connectivity index (χ0) is 17.5. The molecule has 0 aromatic heterocycles. The van der Waals surface area contributed by atoms with Crippen LogP contribution in [0.5, 0.6) is 0 Å². The first kappa shape index (κ1) is 17.5. The lowest BCUT2D eigenvalue weighted by atomic mass is 9.85. The third-order valence-electron chi connectivity index (χ3n) is 3.74. The summed E-state index contributed by atoms with van der Waals surface area (Å²) in [6.07, 6.45) is -0.275. The van der Waals surface area contributed by atoms with Crippen LogP contribution in [0.2, 0.25) is 0 Å². The van der Waals surface area contributed by atoms with E-state index in [9.17, 15) is 19.2 Å². The average Bonchev–Trinajstić information content (AvgIpc) is 2.63. The number of ketones is 4. The van der Waals surface area contributed by atoms with Crippen LogP contribution in [0.1, 0.15) is 41.6 Å². The van der Waals surface area contributed by atoms with Crippen molar-refractivity contribution in [1.82, 2.24) is 0 Å². The maximum atomic E-state index is 12.8. The molecular weight excluding hydrogens is 304 g/mol. The van der Waals surface area contributed by atoms with Gasteiger partial charge >= 0.3 is 0 Å². The van der Waals surface area contributed by atoms with Crippen LogP contribution in [-0.4, -0.2) is 23.1 Å². The van der Waals surface area contributed by atoms with Gasteiger partial charge in [0.05, 0.1) is 6.42 Å². The smallest absolute Gasteiger partial charge is 0.214 e. The van der Waals surface area contributed by atoms with Gasteiger partial charge in [0.15, 0.2) is 5.78 Å². The highest BCUT2D eigenvalue weighted by Gasteiger charge is 2.33. The van der Waals surface area contributed by atoms with E-state index in [2.05, 4.69) is 0 Å². The predicted molar refractivity (Wildman–Crippen MR) is 89.9 cm³/mol. The molecule has 1 atom stereocenters. The molecule has 0 heterocycles. The summed E-state index contributed by atoms with van der Waals surface area (Å²) in [6, 6.07) is 16.8. The molecule has 122 valence electrons. The van der Waals surface area contributed by atoms with Crippen molar-refractivity contribution in [2.45, 2.75) is 25.7 Å². The maximum absolute atomic E-state index is 12.8. The van der Waals surface area contributed by atoms with Crippen molar-refractivity contribution in [2.75, 3.05) is 0 Å². The number of Topliss-reactive ketones (excluding diaryl/α,β-unsaturated/α-hetero) is 4. The minimum atomic E-state index is -1.22. The highest BCUT2D eigenvalue weighted by Crippen LogP contribution is 2.23. The van der Waals surface area contributed by atoms with Crippen LogP contribution in [0.15, 0.2) is 60.7 Å². The molecular formula is C20H18O4. The second-order valence-electron chi connectivity index (χ2n) is 5.43. The molecule has 0 saturated carbocycles. The van der Waals surface area contributed by atoms with Crippen LogP contribution >= 0.6 is 0 Å². The number of carbonyl (C=O) groups excluding carboxylic acids is 4. The molecule has 0 N–H and O–H groups in total. The Morgan fingerprint density at radius 1 is 0.833 bits per heavy atom. The summed E-state index contributed by atoms with van der Waals surface area (Å²) in [5, 5.41) is 0. The SMILES string of the molecule is CCC(=O)CC(=O)C(=O)C(C(=O)c1ccccc1)c1ccccc1. The fourth-order valence-corrected chi connectivity index (χ4v) is 2.39. The Hall–Kier alpha value is -2.88. The fourth-order valence-electron chi connectivity index (χ4n) is 2.39. The first-order valence-electron chi connectivity index (χ1n) is 7.77. The molecule has 0 aliphatic carbocycles. The number of hydrogen-bond acceptors (Lipinski definition) is 4. The number of rotatable bonds is 8. The van der Waals surface area contributed by atoms with Crippen molar-refractivity contribution < 1.29 is 19.2 Å². The first-order valence-corrected chi connectivity index (χ1v) is 7.77. The third-order valence-corrected chi connectivity index (χ3v) is 3.74. The molecule has 0 radical (unpaired) electrons. The molecule has 0 fully saturated rings. The minimum Gasteiger partial charge on any atom is -0.299 e. The van der Waals surface area contributed by atoms with Crippen molar-refractivity contribution in [2.24, 2.45) is 0 Å². The molecule has 0 saturated heterocycles. The third kappa shape index (κ3) is 4.10. The molecule has 0 bridgehead atoms. The Morgan fingerprint density at radius 3 is 1.92 bits per heavy atom. The lowest BCUT2D eigenvalue weighted by Crippen LogP contribution is -2.30. The van der Waals surface area contributed by atoms with Crippen molar-refractivity contribution in [3.63, 3.8) is 0 Å². The van der Waals surface area contributed by atoms with E-state index in [1.165, 1.54) is 0 Å². The Kier molecular flexibility index (Phi) is 5.90. The molecule has 0 aliphatic rings. The molecule has 0 aliphatic heterocycles. The van der Waals surface area contributed by atoms with Crippen molar-refractivity contribution in [3.05, 3.63) is 71.8 Å². The summed E-state index contributed by atoms with van der Waals surface area (Å²) < 4.78 is 0. The van der Waals surface area contributed by atoms with Crippen molar-refractivity contribution >= 4 is 23.1 Å². The second kappa shape index (κ2) is 8.11. The van der Waals surface area contributed by atoms with Crippen LogP contribution in [0.4, 0.5) is 0 Å². The van der Waals surface area contributed by atoms with Gasteiger partial charge in [-0.2, -0.15) is 0 Å². The summed E-state index contributed by atoms with van der Waals surface area (Å²) in [7, 11) is 0. The van der Waals surface area contributed by atoms with E-state index in [0.717, 1.165) is 0 Å². The fraction of sp³-hybridized carbons (Fsp3) is 0.200. The van der Waals surface area contributed by atoms with Gasteiger partial charge in [-0.25, -0.2) is 0 Å². The quantitative estimate of drug-likeness (QED) is 0.425. The first-order chi connectivity index (χ1) is 11.5. The highest BCUT2D eigenvalue weighted by molar-refractivity contribution is 6.46. The van der Waals surface area contributed by atoms with Crippen LogP contribution in [0, 0.1) is 0 Å². The summed E-state index contributed by atoms with van der Waals surface area (Å²) >= 11 is 0. The predicted octanol–water partition coefficient (Wildman–Crippen LogP) is 3.16. The van der Waals surface area contributed by atoms with Gasteiger partial charge in [0.1, 0.15) is 11.7 Å². The highest BCUT2D eigenvalue weighted by atomic mass is 16.2. The zero-order valence-corrected chi connectivity index (χ0v) is 13.4. The van der Waals surface area contributed by atoms with Gasteiger partial charge in [-0.15, -0.1) is 0 Å².